The molecule has 0 fully saturated rings. The molecule has 0 aliphatic heterocycles. The second kappa shape index (κ2) is 10.2. The van der Waals surface area contributed by atoms with E-state index in [-0.39, 0.29) is 17.3 Å². The molecule has 0 aliphatic rings. The number of carbonyl (C=O) groups excluding carboxylic acids is 1. The Hall–Kier alpha value is -3.00. The van der Waals surface area contributed by atoms with Gasteiger partial charge in [-0.3, -0.25) is 4.79 Å². The number of allylic oxidation sites excluding steroid dienone is 1. The molecule has 0 saturated heterocycles. The van der Waals surface area contributed by atoms with Gasteiger partial charge in [0.25, 0.3) is 0 Å². The molecule has 0 amide bonds. The number of hydrogen-bond acceptors (Lipinski definition) is 5. The van der Waals surface area contributed by atoms with Crippen LogP contribution in [0.5, 0.6) is 23.0 Å². The number of phenols is 1. The van der Waals surface area contributed by atoms with Crippen molar-refractivity contribution in [2.45, 2.75) is 6.61 Å². The lowest BCUT2D eigenvalue weighted by molar-refractivity contribution is 0.104. The topological polar surface area (TPSA) is 65.0 Å². The van der Waals surface area contributed by atoms with Gasteiger partial charge in [0.05, 0.1) is 14.2 Å². The van der Waals surface area contributed by atoms with E-state index in [4.69, 9.17) is 14.2 Å². The van der Waals surface area contributed by atoms with E-state index in [1.165, 1.54) is 25.3 Å². The zero-order chi connectivity index (χ0) is 21.5. The predicted octanol–water partition coefficient (Wildman–Crippen LogP) is 5.49. The molecule has 0 spiro atoms. The van der Waals surface area contributed by atoms with Crippen molar-refractivity contribution < 1.29 is 24.1 Å². The Balaban J connectivity index is 1.75. The molecule has 0 saturated carbocycles. The fourth-order valence-electron chi connectivity index (χ4n) is 2.81. The maximum atomic E-state index is 12.5. The molecule has 0 heterocycles. The highest BCUT2D eigenvalue weighted by atomic mass is 127. The average molecular weight is 516 g/mol. The molecular weight excluding hydrogens is 495 g/mol. The standard InChI is InChI=1S/C24H21IO5/c1-28-23-12-4-16(13-18(23)15-30-20-8-6-19(25)7-9-20)3-10-21(26)17-5-11-22(27)24(14-17)29-2/h3-14,27H,15H2,1-2H3/b10-3+. The van der Waals surface area contributed by atoms with Crippen molar-refractivity contribution in [2.24, 2.45) is 0 Å². The number of ketones is 1. The third-order valence-electron chi connectivity index (χ3n) is 4.40. The van der Waals surface area contributed by atoms with E-state index in [2.05, 4.69) is 22.6 Å². The van der Waals surface area contributed by atoms with Gasteiger partial charge in [0.2, 0.25) is 0 Å². The molecule has 3 rings (SSSR count). The number of carbonyl (C=O) groups is 1. The zero-order valence-electron chi connectivity index (χ0n) is 16.6. The quantitative estimate of drug-likeness (QED) is 0.244. The highest BCUT2D eigenvalue weighted by molar-refractivity contribution is 14.1. The first-order valence-corrected chi connectivity index (χ1v) is 10.2. The molecule has 1 N–H and O–H groups in total. The van der Waals surface area contributed by atoms with Crippen molar-refractivity contribution in [2.75, 3.05) is 14.2 Å². The lowest BCUT2D eigenvalue weighted by Gasteiger charge is -2.11. The van der Waals surface area contributed by atoms with Gasteiger partial charge >= 0.3 is 0 Å². The summed E-state index contributed by atoms with van der Waals surface area (Å²) >= 11 is 2.25. The van der Waals surface area contributed by atoms with Crippen molar-refractivity contribution in [1.82, 2.24) is 0 Å². The summed E-state index contributed by atoms with van der Waals surface area (Å²) in [5.74, 6) is 1.54. The second-order valence-corrected chi connectivity index (χ2v) is 7.64. The Morgan fingerprint density at radius 3 is 2.40 bits per heavy atom. The summed E-state index contributed by atoms with van der Waals surface area (Å²) in [5, 5.41) is 9.67. The fraction of sp³-hybridized carbons (Fsp3) is 0.125. The minimum Gasteiger partial charge on any atom is -0.504 e. The molecule has 154 valence electrons. The van der Waals surface area contributed by atoms with Gasteiger partial charge in [-0.1, -0.05) is 12.1 Å². The first-order valence-electron chi connectivity index (χ1n) is 9.15. The lowest BCUT2D eigenvalue weighted by Crippen LogP contribution is -1.99. The van der Waals surface area contributed by atoms with Crippen LogP contribution in [0.1, 0.15) is 21.5 Å². The summed E-state index contributed by atoms with van der Waals surface area (Å²) in [6.07, 6.45) is 3.22. The number of rotatable bonds is 8. The normalized spacial score (nSPS) is 10.8. The molecule has 0 bridgehead atoms. The van der Waals surface area contributed by atoms with Gasteiger partial charge in [0, 0.05) is 14.7 Å². The van der Waals surface area contributed by atoms with Crippen LogP contribution in [0, 0.1) is 3.57 Å². The lowest BCUT2D eigenvalue weighted by atomic mass is 10.1. The minimum absolute atomic E-state index is 0.00838. The van der Waals surface area contributed by atoms with Crippen molar-refractivity contribution in [3.63, 3.8) is 0 Å². The molecule has 0 radical (unpaired) electrons. The van der Waals surface area contributed by atoms with Crippen molar-refractivity contribution in [3.8, 4) is 23.0 Å². The van der Waals surface area contributed by atoms with Crippen LogP contribution >= 0.6 is 22.6 Å². The van der Waals surface area contributed by atoms with Crippen molar-refractivity contribution >= 4 is 34.5 Å². The zero-order valence-corrected chi connectivity index (χ0v) is 18.8. The average Bonchev–Trinajstić information content (AvgIpc) is 2.77. The van der Waals surface area contributed by atoms with E-state index in [0.717, 1.165) is 20.4 Å². The molecule has 0 aromatic heterocycles. The SMILES string of the molecule is COc1cc(C(=O)/C=C/c2ccc(OC)c(COc3ccc(I)cc3)c2)ccc1O. The maximum Gasteiger partial charge on any atom is 0.185 e. The van der Waals surface area contributed by atoms with E-state index < -0.39 is 0 Å². The number of ether oxygens (including phenoxy) is 3. The molecule has 3 aromatic carbocycles. The first-order chi connectivity index (χ1) is 14.5. The van der Waals surface area contributed by atoms with Crippen LogP contribution in [0.2, 0.25) is 0 Å². The smallest absolute Gasteiger partial charge is 0.185 e. The van der Waals surface area contributed by atoms with Crippen molar-refractivity contribution in [3.05, 3.63) is 87.0 Å². The number of halogens is 1. The number of methoxy groups -OCH3 is 2. The third-order valence-corrected chi connectivity index (χ3v) is 5.12. The van der Waals surface area contributed by atoms with Crippen LogP contribution in [0.4, 0.5) is 0 Å². The van der Waals surface area contributed by atoms with E-state index in [0.29, 0.717) is 17.9 Å². The van der Waals surface area contributed by atoms with Crippen molar-refractivity contribution in [1.29, 1.82) is 0 Å². The number of aromatic hydroxyl groups is 1. The molecule has 30 heavy (non-hydrogen) atoms. The summed E-state index contributed by atoms with van der Waals surface area (Å²) in [7, 11) is 3.05. The maximum absolute atomic E-state index is 12.5. The summed E-state index contributed by atoms with van der Waals surface area (Å²) in [5.41, 5.74) is 2.14. The summed E-state index contributed by atoms with van der Waals surface area (Å²) < 4.78 is 17.5. The van der Waals surface area contributed by atoms with Gasteiger partial charge < -0.3 is 19.3 Å². The van der Waals surface area contributed by atoms with E-state index in [1.54, 1.807) is 19.3 Å². The largest absolute Gasteiger partial charge is 0.504 e. The first kappa shape index (κ1) is 21.7. The number of benzene rings is 3. The minimum atomic E-state index is -0.194. The third kappa shape index (κ3) is 5.54. The molecule has 0 atom stereocenters. The van der Waals surface area contributed by atoms with Gasteiger partial charge in [-0.05, 0) is 88.8 Å². The highest BCUT2D eigenvalue weighted by Gasteiger charge is 2.08. The van der Waals surface area contributed by atoms with Gasteiger partial charge in [-0.25, -0.2) is 0 Å². The van der Waals surface area contributed by atoms with E-state index in [9.17, 15) is 9.90 Å². The molecule has 6 heteroatoms. The van der Waals surface area contributed by atoms with Crippen LogP contribution in [-0.2, 0) is 6.61 Å². The summed E-state index contributed by atoms with van der Waals surface area (Å²) in [6.45, 7) is 0.342. The molecule has 5 nitrogen and oxygen atoms in total. The van der Waals surface area contributed by atoms with Crippen LogP contribution in [0.15, 0.2) is 66.7 Å². The van der Waals surface area contributed by atoms with Crippen LogP contribution in [-0.4, -0.2) is 25.1 Å². The monoisotopic (exact) mass is 516 g/mol. The molecule has 3 aromatic rings. The summed E-state index contributed by atoms with van der Waals surface area (Å²) in [4.78, 5) is 12.5. The van der Waals surface area contributed by atoms with Crippen LogP contribution in [0.3, 0.4) is 0 Å². The van der Waals surface area contributed by atoms with Crippen LogP contribution < -0.4 is 14.2 Å². The predicted molar refractivity (Wildman–Crippen MR) is 125 cm³/mol. The Morgan fingerprint density at radius 1 is 0.967 bits per heavy atom. The highest BCUT2D eigenvalue weighted by Crippen LogP contribution is 2.27. The summed E-state index contributed by atoms with van der Waals surface area (Å²) in [6, 6.07) is 17.9. The fourth-order valence-corrected chi connectivity index (χ4v) is 3.17. The van der Waals surface area contributed by atoms with Gasteiger partial charge in [-0.15, -0.1) is 0 Å². The number of phenolic OH excluding ortho intramolecular Hbond substituents is 1. The van der Waals surface area contributed by atoms with Gasteiger partial charge in [0.15, 0.2) is 17.3 Å². The Bertz CT molecular complexity index is 1060. The van der Waals surface area contributed by atoms with E-state index in [1.807, 2.05) is 42.5 Å². The van der Waals surface area contributed by atoms with Gasteiger partial charge in [0.1, 0.15) is 18.1 Å². The molecule has 0 unspecified atom stereocenters. The number of hydrogen-bond donors (Lipinski definition) is 1. The Labute approximate surface area is 189 Å². The molecule has 0 aliphatic carbocycles. The van der Waals surface area contributed by atoms with Crippen LogP contribution in [0.25, 0.3) is 6.08 Å². The van der Waals surface area contributed by atoms with E-state index >= 15 is 0 Å². The Morgan fingerprint density at radius 2 is 1.70 bits per heavy atom. The second-order valence-electron chi connectivity index (χ2n) is 6.40. The van der Waals surface area contributed by atoms with Gasteiger partial charge in [-0.2, -0.15) is 0 Å². The Kier molecular flexibility index (Phi) is 7.35. The molecular formula is C24H21IO5.